The molecule has 6 heteroatoms. The van der Waals surface area contributed by atoms with Crippen LogP contribution in [0, 0.1) is 0 Å². The van der Waals surface area contributed by atoms with Crippen LogP contribution >= 0.6 is 0 Å². The average molecular weight is 617 g/mol. The third-order valence-corrected chi connectivity index (χ3v) is 9.03. The first-order valence-corrected chi connectivity index (χ1v) is 15.8. The lowest BCUT2D eigenvalue weighted by Gasteiger charge is -2.11. The molecule has 0 aliphatic rings. The van der Waals surface area contributed by atoms with Crippen LogP contribution in [0.2, 0.25) is 0 Å². The number of para-hydroxylation sites is 1. The van der Waals surface area contributed by atoms with E-state index in [2.05, 4.69) is 59.6 Å². The molecule has 0 N–H and O–H groups in total. The van der Waals surface area contributed by atoms with Crippen LogP contribution in [0.1, 0.15) is 0 Å². The Labute approximate surface area is 274 Å². The van der Waals surface area contributed by atoms with Gasteiger partial charge in [0.05, 0.1) is 6.20 Å². The normalized spacial score (nSPS) is 11.8. The number of nitrogens with zero attached hydrogens (tertiary/aromatic N) is 4. The molecule has 0 bridgehead atoms. The summed E-state index contributed by atoms with van der Waals surface area (Å²) in [6.45, 7) is 0. The van der Waals surface area contributed by atoms with Crippen LogP contribution in [0.3, 0.4) is 0 Å². The van der Waals surface area contributed by atoms with Gasteiger partial charge in [0.15, 0.2) is 23.1 Å². The Morgan fingerprint density at radius 3 is 2.06 bits per heavy atom. The second-order valence-corrected chi connectivity index (χ2v) is 11.8. The number of hydrogen-bond acceptors (Lipinski definition) is 6. The predicted molar refractivity (Wildman–Crippen MR) is 191 cm³/mol. The van der Waals surface area contributed by atoms with Gasteiger partial charge < -0.3 is 8.83 Å². The van der Waals surface area contributed by atoms with E-state index in [-0.39, 0.29) is 0 Å². The highest BCUT2D eigenvalue weighted by atomic mass is 16.3. The summed E-state index contributed by atoms with van der Waals surface area (Å²) in [5.41, 5.74) is 7.77. The van der Waals surface area contributed by atoms with Crippen LogP contribution in [-0.4, -0.2) is 19.9 Å². The number of aromatic nitrogens is 4. The van der Waals surface area contributed by atoms with E-state index in [0.29, 0.717) is 23.1 Å². The van der Waals surface area contributed by atoms with Gasteiger partial charge >= 0.3 is 0 Å². The van der Waals surface area contributed by atoms with Crippen LogP contribution in [0.25, 0.3) is 99.9 Å². The Morgan fingerprint density at radius 2 is 1.15 bits per heavy atom. The first kappa shape index (κ1) is 26.5. The van der Waals surface area contributed by atoms with E-state index in [1.807, 2.05) is 78.9 Å². The third-order valence-electron chi connectivity index (χ3n) is 9.03. The molecule has 10 aromatic rings. The van der Waals surface area contributed by atoms with Crippen LogP contribution in [0.5, 0.6) is 0 Å². The van der Waals surface area contributed by atoms with Gasteiger partial charge in [0.25, 0.3) is 0 Å². The molecule has 0 saturated carbocycles. The van der Waals surface area contributed by atoms with Crippen molar-refractivity contribution in [3.05, 3.63) is 146 Å². The van der Waals surface area contributed by atoms with Gasteiger partial charge in [0.1, 0.15) is 16.7 Å². The van der Waals surface area contributed by atoms with Crippen molar-refractivity contribution in [2.45, 2.75) is 0 Å². The summed E-state index contributed by atoms with van der Waals surface area (Å²) in [7, 11) is 0. The maximum atomic E-state index is 6.65. The van der Waals surface area contributed by atoms with Crippen LogP contribution in [0.15, 0.2) is 155 Å². The van der Waals surface area contributed by atoms with Gasteiger partial charge in [-0.25, -0.2) is 15.0 Å². The fraction of sp³-hybridized carbons (Fsp3) is 0. The molecule has 6 nitrogen and oxygen atoms in total. The van der Waals surface area contributed by atoms with E-state index in [1.54, 1.807) is 12.4 Å². The molecule has 0 radical (unpaired) electrons. The lowest BCUT2D eigenvalue weighted by molar-refractivity contribution is 0.667. The molecule has 0 saturated heterocycles. The molecule has 48 heavy (non-hydrogen) atoms. The number of benzene rings is 6. The lowest BCUT2D eigenvalue weighted by atomic mass is 9.95. The van der Waals surface area contributed by atoms with E-state index in [9.17, 15) is 0 Å². The highest BCUT2D eigenvalue weighted by molar-refractivity contribution is 6.20. The standard InChI is InChI=1S/C42H24N4O2/c1-2-10-26(11-3-1)40-44-41(28-18-17-25-9-4-5-12-27(25)23-28)46-42(45-40)33-20-19-30(39-38(33)32-21-22-43-24-36(32)48-39)29-14-8-16-35-37(29)31-13-6-7-15-34(31)47-35/h1-24H. The predicted octanol–water partition coefficient (Wildman–Crippen LogP) is 10.9. The topological polar surface area (TPSA) is 77.8 Å². The van der Waals surface area contributed by atoms with Gasteiger partial charge in [-0.1, -0.05) is 97.1 Å². The van der Waals surface area contributed by atoms with E-state index >= 15 is 0 Å². The summed E-state index contributed by atoms with van der Waals surface area (Å²) in [6, 6.07) is 45.2. The summed E-state index contributed by atoms with van der Waals surface area (Å²) < 4.78 is 12.9. The summed E-state index contributed by atoms with van der Waals surface area (Å²) in [5.74, 6) is 1.77. The number of furan rings is 2. The highest BCUT2D eigenvalue weighted by Gasteiger charge is 2.22. The summed E-state index contributed by atoms with van der Waals surface area (Å²) in [6.07, 6.45) is 3.56. The van der Waals surface area contributed by atoms with E-state index in [4.69, 9.17) is 23.8 Å². The van der Waals surface area contributed by atoms with Crippen molar-refractivity contribution in [1.29, 1.82) is 0 Å². The quantitative estimate of drug-likeness (QED) is 0.196. The van der Waals surface area contributed by atoms with Crippen LogP contribution < -0.4 is 0 Å². The van der Waals surface area contributed by atoms with Gasteiger partial charge in [0.2, 0.25) is 0 Å². The van der Waals surface area contributed by atoms with Gasteiger partial charge in [0, 0.05) is 50.0 Å². The molecule has 6 aromatic carbocycles. The SMILES string of the molecule is c1ccc(-c2nc(-c3ccc4ccccc4c3)nc(-c3ccc(-c4cccc5oc6ccccc6c45)c4oc5cnccc5c34)n2)cc1. The van der Waals surface area contributed by atoms with Crippen molar-refractivity contribution in [2.24, 2.45) is 0 Å². The maximum absolute atomic E-state index is 6.65. The molecule has 10 rings (SSSR count). The van der Waals surface area contributed by atoms with Gasteiger partial charge in [-0.2, -0.15) is 0 Å². The fourth-order valence-electron chi connectivity index (χ4n) is 6.80. The summed E-state index contributed by atoms with van der Waals surface area (Å²) in [5, 5.41) is 6.25. The zero-order chi connectivity index (χ0) is 31.6. The largest absolute Gasteiger partial charge is 0.456 e. The second-order valence-electron chi connectivity index (χ2n) is 11.8. The van der Waals surface area contributed by atoms with Crippen molar-refractivity contribution >= 4 is 54.6 Å². The monoisotopic (exact) mass is 616 g/mol. The number of fused-ring (bicyclic) bond motifs is 7. The summed E-state index contributed by atoms with van der Waals surface area (Å²) >= 11 is 0. The molecule has 0 spiro atoms. The molecule has 0 unspecified atom stereocenters. The van der Waals surface area contributed by atoms with Crippen LogP contribution in [0.4, 0.5) is 0 Å². The minimum Gasteiger partial charge on any atom is -0.456 e. The second kappa shape index (κ2) is 10.4. The molecular formula is C42H24N4O2. The zero-order valence-electron chi connectivity index (χ0n) is 25.5. The lowest BCUT2D eigenvalue weighted by Crippen LogP contribution is -2.00. The first-order valence-electron chi connectivity index (χ1n) is 15.8. The van der Waals surface area contributed by atoms with E-state index in [1.165, 1.54) is 0 Å². The molecular weight excluding hydrogens is 592 g/mol. The third kappa shape index (κ3) is 4.13. The van der Waals surface area contributed by atoms with Crippen molar-refractivity contribution in [3.63, 3.8) is 0 Å². The fourth-order valence-corrected chi connectivity index (χ4v) is 6.80. The molecule has 224 valence electrons. The Kier molecular flexibility index (Phi) is 5.77. The van der Waals surface area contributed by atoms with Gasteiger partial charge in [-0.15, -0.1) is 0 Å². The van der Waals surface area contributed by atoms with Gasteiger partial charge in [-0.3, -0.25) is 4.98 Å². The number of rotatable bonds is 4. The molecule has 0 aliphatic heterocycles. The van der Waals surface area contributed by atoms with Crippen molar-refractivity contribution in [1.82, 2.24) is 19.9 Å². The maximum Gasteiger partial charge on any atom is 0.164 e. The van der Waals surface area contributed by atoms with Crippen molar-refractivity contribution < 1.29 is 8.83 Å². The molecule has 4 aromatic heterocycles. The molecule has 0 atom stereocenters. The molecule has 0 amide bonds. The molecule has 0 fully saturated rings. The Balaban J connectivity index is 1.26. The Hall–Kier alpha value is -6.66. The minimum atomic E-state index is 0.565. The van der Waals surface area contributed by atoms with Gasteiger partial charge in [-0.05, 0) is 52.7 Å². The minimum absolute atomic E-state index is 0.565. The highest BCUT2D eigenvalue weighted by Crippen LogP contribution is 2.44. The first-order chi connectivity index (χ1) is 23.8. The average Bonchev–Trinajstić information content (AvgIpc) is 3.74. The van der Waals surface area contributed by atoms with Crippen molar-refractivity contribution in [2.75, 3.05) is 0 Å². The smallest absolute Gasteiger partial charge is 0.164 e. The Morgan fingerprint density at radius 1 is 0.417 bits per heavy atom. The molecule has 0 aliphatic carbocycles. The van der Waals surface area contributed by atoms with E-state index < -0.39 is 0 Å². The Bertz CT molecular complexity index is 2850. The molecule has 4 heterocycles. The zero-order valence-corrected chi connectivity index (χ0v) is 25.5. The summed E-state index contributed by atoms with van der Waals surface area (Å²) in [4.78, 5) is 19.6. The van der Waals surface area contributed by atoms with Crippen LogP contribution in [-0.2, 0) is 0 Å². The number of pyridine rings is 1. The number of hydrogen-bond donors (Lipinski definition) is 0. The van der Waals surface area contributed by atoms with E-state index in [0.717, 1.165) is 76.9 Å². The van der Waals surface area contributed by atoms with Crippen molar-refractivity contribution in [3.8, 4) is 45.3 Å².